The van der Waals surface area contributed by atoms with E-state index in [1.54, 1.807) is 42.3 Å². The zero-order valence-corrected chi connectivity index (χ0v) is 18.5. The second-order valence-corrected chi connectivity index (χ2v) is 8.30. The Morgan fingerprint density at radius 1 is 1.21 bits per heavy atom. The number of rotatable bonds is 9. The lowest BCUT2D eigenvalue weighted by Gasteiger charge is -2.32. The first-order valence-electron chi connectivity index (χ1n) is 10.9. The van der Waals surface area contributed by atoms with Gasteiger partial charge in [-0.05, 0) is 61.3 Å². The molecule has 1 aliphatic heterocycles. The Morgan fingerprint density at radius 3 is 2.76 bits per heavy atom. The van der Waals surface area contributed by atoms with Gasteiger partial charge in [0.25, 0.3) is 0 Å². The van der Waals surface area contributed by atoms with Gasteiger partial charge in [0.2, 0.25) is 5.91 Å². The molecule has 0 spiro atoms. The highest BCUT2D eigenvalue weighted by Crippen LogP contribution is 2.27. The van der Waals surface area contributed by atoms with E-state index in [9.17, 15) is 14.4 Å². The van der Waals surface area contributed by atoms with Crippen molar-refractivity contribution in [2.75, 3.05) is 33.3 Å². The van der Waals surface area contributed by atoms with Gasteiger partial charge in [-0.3, -0.25) is 9.78 Å². The summed E-state index contributed by atoms with van der Waals surface area (Å²) in [5.41, 5.74) is 2.67. The fourth-order valence-electron chi connectivity index (χ4n) is 4.20. The van der Waals surface area contributed by atoms with Crippen LogP contribution in [0.3, 0.4) is 0 Å². The molecule has 2 heterocycles. The van der Waals surface area contributed by atoms with E-state index in [0.717, 1.165) is 37.1 Å². The van der Waals surface area contributed by atoms with Gasteiger partial charge in [0.15, 0.2) is 12.2 Å². The first-order valence-corrected chi connectivity index (χ1v) is 10.9. The minimum absolute atomic E-state index is 0.0683. The number of ether oxygens (including phenoxy) is 1. The molecule has 1 saturated heterocycles. The number of oxazole rings is 1. The van der Waals surface area contributed by atoms with E-state index < -0.39 is 18.3 Å². The highest BCUT2D eigenvalue weighted by molar-refractivity contribution is 5.81. The Bertz CT molecular complexity index is 1190. The van der Waals surface area contributed by atoms with E-state index in [-0.39, 0.29) is 18.4 Å². The molecule has 1 fully saturated rings. The Kier molecular flexibility index (Phi) is 6.79. The summed E-state index contributed by atoms with van der Waals surface area (Å²) < 4.78 is 10.4. The van der Waals surface area contributed by atoms with Crippen LogP contribution >= 0.6 is 0 Å². The predicted octanol–water partition coefficient (Wildman–Crippen LogP) is 2.42. The molecule has 0 saturated carbocycles. The number of nitrogens with zero attached hydrogens (tertiary/aromatic N) is 2. The number of hydrogen-bond donors (Lipinski definition) is 2. The molecular formula is C24H27N3O6. The number of amides is 1. The molecule has 33 heavy (non-hydrogen) atoms. The standard InChI is InChI=1S/C24H27N3O6/c1-26(22(28)12-16-7-8-21-19(11-16)25-24(31)33-21)20(14-27-9-2-3-10-27)17-5-4-6-18(13-17)32-15-23(29)30/h4-8,11,13,20H,2-3,9-10,12,14-15H2,1H3,(H,25,31)(H,29,30)/t20-/m1/s1. The monoisotopic (exact) mass is 453 g/mol. The molecular weight excluding hydrogens is 426 g/mol. The minimum Gasteiger partial charge on any atom is -0.482 e. The van der Waals surface area contributed by atoms with Gasteiger partial charge in [-0.2, -0.15) is 0 Å². The quantitative estimate of drug-likeness (QED) is 0.511. The van der Waals surface area contributed by atoms with Crippen molar-refractivity contribution in [1.82, 2.24) is 14.8 Å². The summed E-state index contributed by atoms with van der Waals surface area (Å²) in [6.07, 6.45) is 2.44. The van der Waals surface area contributed by atoms with E-state index in [4.69, 9.17) is 14.3 Å². The first-order chi connectivity index (χ1) is 15.9. The summed E-state index contributed by atoms with van der Waals surface area (Å²) in [6.45, 7) is 2.23. The lowest BCUT2D eigenvalue weighted by Crippen LogP contribution is -2.39. The number of aromatic nitrogens is 1. The van der Waals surface area contributed by atoms with Gasteiger partial charge in [0.1, 0.15) is 5.75 Å². The van der Waals surface area contributed by atoms with Crippen LogP contribution in [0, 0.1) is 0 Å². The second-order valence-electron chi connectivity index (χ2n) is 8.30. The first kappa shape index (κ1) is 22.6. The van der Waals surface area contributed by atoms with Crippen LogP contribution in [0.5, 0.6) is 5.75 Å². The van der Waals surface area contributed by atoms with E-state index in [1.807, 2.05) is 12.1 Å². The highest BCUT2D eigenvalue weighted by atomic mass is 16.5. The smallest absolute Gasteiger partial charge is 0.417 e. The molecule has 3 aromatic rings. The van der Waals surface area contributed by atoms with Crippen molar-refractivity contribution in [3.05, 3.63) is 64.1 Å². The van der Waals surface area contributed by atoms with Crippen LogP contribution < -0.4 is 10.5 Å². The predicted molar refractivity (Wildman–Crippen MR) is 121 cm³/mol. The molecule has 174 valence electrons. The van der Waals surface area contributed by atoms with Crippen molar-refractivity contribution in [3.63, 3.8) is 0 Å². The van der Waals surface area contributed by atoms with Crippen molar-refractivity contribution in [2.24, 2.45) is 0 Å². The van der Waals surface area contributed by atoms with Crippen molar-refractivity contribution >= 4 is 23.0 Å². The molecule has 9 nitrogen and oxygen atoms in total. The van der Waals surface area contributed by atoms with Gasteiger partial charge in [-0.25, -0.2) is 9.59 Å². The number of fused-ring (bicyclic) bond motifs is 1. The Morgan fingerprint density at radius 2 is 2.00 bits per heavy atom. The number of likely N-dealkylation sites (N-methyl/N-ethyl adjacent to an activating group) is 1. The molecule has 9 heteroatoms. The van der Waals surface area contributed by atoms with Crippen LogP contribution in [0.25, 0.3) is 11.1 Å². The normalized spacial score (nSPS) is 14.9. The minimum atomic E-state index is -1.04. The number of carboxylic acid groups (broad SMARTS) is 1. The maximum absolute atomic E-state index is 13.2. The Labute approximate surface area is 190 Å². The SMILES string of the molecule is CN(C(=O)Cc1ccc2oc(=O)[nH]c2c1)[C@H](CN1CCCC1)c1cccc(OCC(=O)O)c1. The zero-order chi connectivity index (χ0) is 23.4. The third-order valence-corrected chi connectivity index (χ3v) is 5.93. The van der Waals surface area contributed by atoms with E-state index >= 15 is 0 Å². The summed E-state index contributed by atoms with van der Waals surface area (Å²) in [4.78, 5) is 42.2. The van der Waals surface area contributed by atoms with Gasteiger partial charge >= 0.3 is 11.7 Å². The molecule has 1 aliphatic rings. The van der Waals surface area contributed by atoms with Gasteiger partial charge in [-0.1, -0.05) is 18.2 Å². The summed E-state index contributed by atoms with van der Waals surface area (Å²) in [5.74, 6) is -1.18. The second kappa shape index (κ2) is 9.91. The van der Waals surface area contributed by atoms with Gasteiger partial charge < -0.3 is 24.1 Å². The number of carbonyl (C=O) groups is 2. The third-order valence-electron chi connectivity index (χ3n) is 5.93. The number of likely N-dealkylation sites (tertiary alicyclic amines) is 1. The number of nitrogens with one attached hydrogen (secondary N) is 1. The maximum Gasteiger partial charge on any atom is 0.417 e. The molecule has 0 unspecified atom stereocenters. The van der Waals surface area contributed by atoms with Gasteiger partial charge in [-0.15, -0.1) is 0 Å². The molecule has 1 aromatic heterocycles. The number of hydrogen-bond acceptors (Lipinski definition) is 6. The van der Waals surface area contributed by atoms with Crippen molar-refractivity contribution in [3.8, 4) is 5.75 Å². The largest absolute Gasteiger partial charge is 0.482 e. The molecule has 2 N–H and O–H groups in total. The topological polar surface area (TPSA) is 116 Å². The average molecular weight is 453 g/mol. The van der Waals surface area contributed by atoms with Crippen LogP contribution in [0.15, 0.2) is 51.7 Å². The number of H-pyrrole nitrogens is 1. The van der Waals surface area contributed by atoms with Crippen LogP contribution in [0.1, 0.15) is 30.0 Å². The summed E-state index contributed by atoms with van der Waals surface area (Å²) >= 11 is 0. The van der Waals surface area contributed by atoms with Gasteiger partial charge in [0.05, 0.1) is 18.0 Å². The molecule has 0 aliphatic carbocycles. The van der Waals surface area contributed by atoms with E-state index in [0.29, 0.717) is 23.4 Å². The molecule has 1 atom stereocenters. The summed E-state index contributed by atoms with van der Waals surface area (Å²) in [7, 11) is 1.78. The number of aromatic amines is 1. The van der Waals surface area contributed by atoms with Crippen LogP contribution in [-0.4, -0.2) is 65.1 Å². The number of carbonyl (C=O) groups excluding carboxylic acids is 1. The van der Waals surface area contributed by atoms with Gasteiger partial charge in [0, 0.05) is 13.6 Å². The summed E-state index contributed by atoms with van der Waals surface area (Å²) in [6, 6.07) is 12.2. The Hall–Kier alpha value is -3.59. The van der Waals surface area contributed by atoms with Crippen LogP contribution in [-0.2, 0) is 16.0 Å². The fourth-order valence-corrected chi connectivity index (χ4v) is 4.20. The number of carboxylic acids is 1. The van der Waals surface area contributed by atoms with E-state index in [2.05, 4.69) is 9.88 Å². The molecule has 1 amide bonds. The molecule has 4 rings (SSSR count). The summed E-state index contributed by atoms with van der Waals surface area (Å²) in [5, 5.41) is 8.90. The van der Waals surface area contributed by atoms with Crippen molar-refractivity contribution in [2.45, 2.75) is 25.3 Å². The van der Waals surface area contributed by atoms with E-state index in [1.165, 1.54) is 0 Å². The average Bonchev–Trinajstić information content (AvgIpc) is 3.44. The lowest BCUT2D eigenvalue weighted by atomic mass is 10.0. The van der Waals surface area contributed by atoms with Crippen molar-refractivity contribution < 1.29 is 23.8 Å². The highest BCUT2D eigenvalue weighted by Gasteiger charge is 2.26. The fraction of sp³-hybridized carbons (Fsp3) is 0.375. The number of aliphatic carboxylic acids is 1. The third kappa shape index (κ3) is 5.61. The zero-order valence-electron chi connectivity index (χ0n) is 18.5. The molecule has 0 radical (unpaired) electrons. The lowest BCUT2D eigenvalue weighted by molar-refractivity contribution is -0.139. The Balaban J connectivity index is 1.54. The van der Waals surface area contributed by atoms with Crippen molar-refractivity contribution in [1.29, 1.82) is 0 Å². The molecule has 0 bridgehead atoms. The number of benzene rings is 2. The maximum atomic E-state index is 13.2. The van der Waals surface area contributed by atoms with Crippen LogP contribution in [0.2, 0.25) is 0 Å². The molecule has 2 aromatic carbocycles. The van der Waals surface area contributed by atoms with Crippen LogP contribution in [0.4, 0.5) is 0 Å².